The van der Waals surface area contributed by atoms with Crippen LogP contribution in [0.4, 0.5) is 0 Å². The second-order valence-electron chi connectivity index (χ2n) is 6.66. The largest absolute Gasteiger partial charge is 0.372 e. The molecule has 3 nitrogen and oxygen atoms in total. The fraction of sp³-hybridized carbons (Fsp3) is 1.00. The van der Waals surface area contributed by atoms with E-state index in [9.17, 15) is 0 Å². The van der Waals surface area contributed by atoms with Gasteiger partial charge in [0, 0.05) is 19.6 Å². The maximum Gasteiger partial charge on any atom is 0.0707 e. The number of rotatable bonds is 6. The maximum absolute atomic E-state index is 6.17. The van der Waals surface area contributed by atoms with E-state index in [1.165, 1.54) is 38.8 Å². The smallest absolute Gasteiger partial charge is 0.0707 e. The molecule has 2 saturated heterocycles. The van der Waals surface area contributed by atoms with Crippen LogP contribution >= 0.6 is 0 Å². The number of hydrogen-bond donors (Lipinski definition) is 1. The highest BCUT2D eigenvalue weighted by atomic mass is 16.5. The van der Waals surface area contributed by atoms with Gasteiger partial charge in [0.1, 0.15) is 0 Å². The van der Waals surface area contributed by atoms with Crippen LogP contribution in [0.5, 0.6) is 0 Å². The average molecular weight is 268 g/mol. The van der Waals surface area contributed by atoms with Gasteiger partial charge in [-0.2, -0.15) is 0 Å². The van der Waals surface area contributed by atoms with E-state index in [0.29, 0.717) is 12.2 Å². The van der Waals surface area contributed by atoms with Gasteiger partial charge in [-0.15, -0.1) is 0 Å². The molecule has 4 atom stereocenters. The predicted octanol–water partition coefficient (Wildman–Crippen LogP) is 2.51. The zero-order valence-corrected chi connectivity index (χ0v) is 13.0. The zero-order valence-electron chi connectivity index (χ0n) is 13.0. The van der Waals surface area contributed by atoms with Gasteiger partial charge in [0.15, 0.2) is 0 Å². The van der Waals surface area contributed by atoms with Crippen molar-refractivity contribution < 1.29 is 4.74 Å². The molecule has 0 radical (unpaired) electrons. The van der Waals surface area contributed by atoms with Gasteiger partial charge in [0.2, 0.25) is 0 Å². The number of likely N-dealkylation sites (tertiary alicyclic amines) is 1. The highest BCUT2D eigenvalue weighted by Crippen LogP contribution is 2.25. The zero-order chi connectivity index (χ0) is 13.7. The molecule has 112 valence electrons. The van der Waals surface area contributed by atoms with Gasteiger partial charge in [-0.3, -0.25) is 0 Å². The summed E-state index contributed by atoms with van der Waals surface area (Å²) in [5.41, 5.74) is 0. The van der Waals surface area contributed by atoms with Crippen LogP contribution < -0.4 is 5.32 Å². The van der Waals surface area contributed by atoms with Gasteiger partial charge in [-0.05, 0) is 50.6 Å². The van der Waals surface area contributed by atoms with Crippen molar-refractivity contribution in [2.24, 2.45) is 11.8 Å². The van der Waals surface area contributed by atoms with Gasteiger partial charge in [-0.1, -0.05) is 20.8 Å². The summed E-state index contributed by atoms with van der Waals surface area (Å²) in [5.74, 6) is 1.74. The molecule has 2 heterocycles. The number of nitrogens with zero attached hydrogens (tertiary/aromatic N) is 1. The summed E-state index contributed by atoms with van der Waals surface area (Å²) in [7, 11) is 0. The summed E-state index contributed by atoms with van der Waals surface area (Å²) < 4.78 is 6.17. The molecule has 0 amide bonds. The molecule has 0 aromatic carbocycles. The van der Waals surface area contributed by atoms with E-state index < -0.39 is 0 Å². The Balaban J connectivity index is 1.64. The second kappa shape index (κ2) is 7.61. The highest BCUT2D eigenvalue weighted by molar-refractivity contribution is 4.81. The van der Waals surface area contributed by atoms with Crippen LogP contribution in [0.3, 0.4) is 0 Å². The molecule has 0 bridgehead atoms. The van der Waals surface area contributed by atoms with Crippen LogP contribution in [0.15, 0.2) is 0 Å². The van der Waals surface area contributed by atoms with Gasteiger partial charge in [-0.25, -0.2) is 0 Å². The summed E-state index contributed by atoms with van der Waals surface area (Å²) in [5, 5.41) is 3.48. The van der Waals surface area contributed by atoms with E-state index in [1.54, 1.807) is 0 Å². The number of ether oxygens (including phenoxy) is 1. The Morgan fingerprint density at radius 3 is 2.63 bits per heavy atom. The molecule has 2 rings (SSSR count). The van der Waals surface area contributed by atoms with Crippen molar-refractivity contribution in [1.29, 1.82) is 0 Å². The molecule has 2 aliphatic heterocycles. The topological polar surface area (TPSA) is 24.5 Å². The average Bonchev–Trinajstić information content (AvgIpc) is 2.82. The van der Waals surface area contributed by atoms with Crippen LogP contribution in [0, 0.1) is 11.8 Å². The molecular weight excluding hydrogens is 236 g/mol. The first-order chi connectivity index (χ1) is 9.19. The van der Waals surface area contributed by atoms with Crippen LogP contribution in [-0.4, -0.2) is 49.8 Å². The molecule has 2 fully saturated rings. The fourth-order valence-corrected chi connectivity index (χ4v) is 3.31. The Hall–Kier alpha value is -0.120. The van der Waals surface area contributed by atoms with E-state index in [-0.39, 0.29) is 0 Å². The van der Waals surface area contributed by atoms with Crippen LogP contribution in [0.2, 0.25) is 0 Å². The SMILES string of the molecule is CCCNCC1CCC(CN2CCC(C)C(C)C2)O1. The van der Waals surface area contributed by atoms with E-state index >= 15 is 0 Å². The third kappa shape index (κ3) is 4.73. The maximum atomic E-state index is 6.17. The molecular formula is C16H32N2O. The monoisotopic (exact) mass is 268 g/mol. The van der Waals surface area contributed by atoms with Crippen molar-refractivity contribution in [3.8, 4) is 0 Å². The number of piperidine rings is 1. The molecule has 1 N–H and O–H groups in total. The fourth-order valence-electron chi connectivity index (χ4n) is 3.31. The summed E-state index contributed by atoms with van der Waals surface area (Å²) >= 11 is 0. The lowest BCUT2D eigenvalue weighted by atomic mass is 9.88. The Morgan fingerprint density at radius 1 is 1.11 bits per heavy atom. The lowest BCUT2D eigenvalue weighted by molar-refractivity contribution is 0.0109. The van der Waals surface area contributed by atoms with Crippen LogP contribution in [0.1, 0.15) is 46.5 Å². The van der Waals surface area contributed by atoms with Gasteiger partial charge in [0.25, 0.3) is 0 Å². The predicted molar refractivity (Wildman–Crippen MR) is 80.4 cm³/mol. The van der Waals surface area contributed by atoms with E-state index in [4.69, 9.17) is 4.74 Å². The van der Waals surface area contributed by atoms with Gasteiger partial charge in [0.05, 0.1) is 12.2 Å². The van der Waals surface area contributed by atoms with E-state index in [0.717, 1.165) is 31.5 Å². The van der Waals surface area contributed by atoms with Crippen LogP contribution in [-0.2, 0) is 4.74 Å². The quantitative estimate of drug-likeness (QED) is 0.749. The summed E-state index contributed by atoms with van der Waals surface area (Å²) in [4.78, 5) is 2.62. The van der Waals surface area contributed by atoms with Crippen molar-refractivity contribution >= 4 is 0 Å². The summed E-state index contributed by atoms with van der Waals surface area (Å²) in [6, 6.07) is 0. The standard InChI is InChI=1S/C16H32N2O/c1-4-8-17-10-15-5-6-16(19-15)12-18-9-7-13(2)14(3)11-18/h13-17H,4-12H2,1-3H3. The van der Waals surface area contributed by atoms with Crippen molar-refractivity contribution in [2.45, 2.75) is 58.7 Å². The Labute approximate surface area is 119 Å². The third-order valence-corrected chi connectivity index (χ3v) is 4.87. The minimum absolute atomic E-state index is 0.456. The minimum atomic E-state index is 0.456. The molecule has 19 heavy (non-hydrogen) atoms. The van der Waals surface area contributed by atoms with E-state index in [2.05, 4.69) is 31.0 Å². The molecule has 0 saturated carbocycles. The van der Waals surface area contributed by atoms with E-state index in [1.807, 2.05) is 0 Å². The molecule has 4 unspecified atom stereocenters. The normalized spacial score (nSPS) is 36.8. The number of hydrogen-bond acceptors (Lipinski definition) is 3. The van der Waals surface area contributed by atoms with Gasteiger partial charge >= 0.3 is 0 Å². The van der Waals surface area contributed by atoms with Crippen molar-refractivity contribution in [2.75, 3.05) is 32.7 Å². The van der Waals surface area contributed by atoms with Crippen LogP contribution in [0.25, 0.3) is 0 Å². The molecule has 2 aliphatic rings. The first kappa shape index (κ1) is 15.3. The molecule has 0 aromatic rings. The van der Waals surface area contributed by atoms with Gasteiger partial charge < -0.3 is 15.0 Å². The molecule has 0 spiro atoms. The third-order valence-electron chi connectivity index (χ3n) is 4.87. The summed E-state index contributed by atoms with van der Waals surface area (Å²) in [6.45, 7) is 12.8. The van der Waals surface area contributed by atoms with Crippen molar-refractivity contribution in [1.82, 2.24) is 10.2 Å². The first-order valence-corrected chi connectivity index (χ1v) is 8.27. The molecule has 3 heteroatoms. The second-order valence-corrected chi connectivity index (χ2v) is 6.66. The summed E-state index contributed by atoms with van der Waals surface area (Å²) in [6.07, 6.45) is 5.99. The highest BCUT2D eigenvalue weighted by Gasteiger charge is 2.29. The first-order valence-electron chi connectivity index (χ1n) is 8.27. The molecule has 0 aromatic heterocycles. The Kier molecular flexibility index (Phi) is 6.11. The van der Waals surface area contributed by atoms with Crippen molar-refractivity contribution in [3.63, 3.8) is 0 Å². The number of nitrogens with one attached hydrogen (secondary N) is 1. The molecule has 0 aliphatic carbocycles. The Morgan fingerprint density at radius 2 is 1.89 bits per heavy atom. The lowest BCUT2D eigenvalue weighted by Gasteiger charge is -2.36. The van der Waals surface area contributed by atoms with Crippen molar-refractivity contribution in [3.05, 3.63) is 0 Å². The Bertz CT molecular complexity index is 259. The minimum Gasteiger partial charge on any atom is -0.372 e. The lowest BCUT2D eigenvalue weighted by Crippen LogP contribution is -2.42.